The van der Waals surface area contributed by atoms with E-state index in [9.17, 15) is 4.79 Å². The fourth-order valence-electron chi connectivity index (χ4n) is 2.51. The molecule has 9 heteroatoms. The molecule has 23 heavy (non-hydrogen) atoms. The van der Waals surface area contributed by atoms with Gasteiger partial charge in [-0.05, 0) is 40.9 Å². The van der Waals surface area contributed by atoms with Gasteiger partial charge in [0, 0.05) is 35.8 Å². The quantitative estimate of drug-likeness (QED) is 0.802. The Hall–Kier alpha value is -0.960. The van der Waals surface area contributed by atoms with Gasteiger partial charge in [-0.15, -0.1) is 23.7 Å². The minimum Gasteiger partial charge on any atom is -0.342 e. The molecule has 0 aromatic carbocycles. The molecule has 1 unspecified atom stereocenters. The Bertz CT molecular complexity index is 663. The summed E-state index contributed by atoms with van der Waals surface area (Å²) in [6, 6.07) is 1.95. The molecule has 0 bridgehead atoms. The third kappa shape index (κ3) is 4.53. The smallest absolute Gasteiger partial charge is 0.227 e. The first kappa shape index (κ1) is 18.4. The van der Waals surface area contributed by atoms with Gasteiger partial charge < -0.3 is 15.2 Å². The fourth-order valence-corrected chi connectivity index (χ4v) is 3.86. The number of thiophene rings is 1. The zero-order valence-corrected chi connectivity index (χ0v) is 15.6. The largest absolute Gasteiger partial charge is 0.342 e. The van der Waals surface area contributed by atoms with Crippen LogP contribution >= 0.6 is 39.7 Å². The first-order chi connectivity index (χ1) is 10.7. The Balaban J connectivity index is 0.00000192. The van der Waals surface area contributed by atoms with Crippen LogP contribution in [-0.4, -0.2) is 40.6 Å². The Kier molecular flexibility index (Phi) is 6.58. The number of hydrogen-bond donors (Lipinski definition) is 1. The number of amides is 1. The molecule has 0 radical (unpaired) electrons. The SMILES string of the molecule is Cl.NCC1CCN(C(=O)CCc2nc(-c3cc(Br)cs3)no2)C1. The predicted molar refractivity (Wildman–Crippen MR) is 94.6 cm³/mol. The molecule has 3 heterocycles. The molecule has 126 valence electrons. The van der Waals surface area contributed by atoms with Gasteiger partial charge >= 0.3 is 0 Å². The Labute approximate surface area is 153 Å². The molecule has 0 spiro atoms. The Morgan fingerprint density at radius 1 is 1.57 bits per heavy atom. The maximum Gasteiger partial charge on any atom is 0.227 e. The number of rotatable bonds is 5. The van der Waals surface area contributed by atoms with Crippen LogP contribution in [0.3, 0.4) is 0 Å². The van der Waals surface area contributed by atoms with Crippen LogP contribution in [0.4, 0.5) is 0 Å². The molecule has 2 N–H and O–H groups in total. The van der Waals surface area contributed by atoms with E-state index in [0.717, 1.165) is 28.9 Å². The van der Waals surface area contributed by atoms with Crippen LogP contribution in [0.2, 0.25) is 0 Å². The maximum absolute atomic E-state index is 12.2. The van der Waals surface area contributed by atoms with Gasteiger partial charge in [-0.2, -0.15) is 4.98 Å². The number of hydrogen-bond acceptors (Lipinski definition) is 6. The molecule has 1 aliphatic heterocycles. The fraction of sp³-hybridized carbons (Fsp3) is 0.500. The van der Waals surface area contributed by atoms with Gasteiger partial charge in [0.25, 0.3) is 0 Å². The van der Waals surface area contributed by atoms with Crippen LogP contribution in [0.25, 0.3) is 10.7 Å². The lowest BCUT2D eigenvalue weighted by Gasteiger charge is -2.15. The van der Waals surface area contributed by atoms with Gasteiger partial charge in [-0.1, -0.05) is 5.16 Å². The van der Waals surface area contributed by atoms with Gasteiger partial charge in [-0.3, -0.25) is 4.79 Å². The Morgan fingerprint density at radius 3 is 3.04 bits per heavy atom. The molecule has 0 saturated carbocycles. The van der Waals surface area contributed by atoms with Crippen LogP contribution in [-0.2, 0) is 11.2 Å². The van der Waals surface area contributed by atoms with Crippen molar-refractivity contribution in [2.24, 2.45) is 11.7 Å². The van der Waals surface area contributed by atoms with Gasteiger partial charge in [-0.25, -0.2) is 0 Å². The molecule has 2 aromatic heterocycles. The van der Waals surface area contributed by atoms with Crippen LogP contribution in [0.1, 0.15) is 18.7 Å². The first-order valence-corrected chi connectivity index (χ1v) is 8.88. The summed E-state index contributed by atoms with van der Waals surface area (Å²) in [6.45, 7) is 2.22. The van der Waals surface area contributed by atoms with Crippen LogP contribution in [0.15, 0.2) is 20.4 Å². The van der Waals surface area contributed by atoms with Crippen molar-refractivity contribution in [3.05, 3.63) is 21.8 Å². The Morgan fingerprint density at radius 2 is 2.39 bits per heavy atom. The second kappa shape index (κ2) is 8.23. The molecule has 6 nitrogen and oxygen atoms in total. The third-order valence-electron chi connectivity index (χ3n) is 3.78. The topological polar surface area (TPSA) is 85.2 Å². The predicted octanol–water partition coefficient (Wildman–Crippen LogP) is 2.72. The lowest BCUT2D eigenvalue weighted by atomic mass is 10.1. The average molecular weight is 422 g/mol. The van der Waals surface area contributed by atoms with Crippen LogP contribution in [0.5, 0.6) is 0 Å². The summed E-state index contributed by atoms with van der Waals surface area (Å²) >= 11 is 4.94. The van der Waals surface area contributed by atoms with Crippen molar-refractivity contribution in [3.63, 3.8) is 0 Å². The molecule has 0 aliphatic carbocycles. The molecule has 1 fully saturated rings. The maximum atomic E-state index is 12.2. The number of carbonyl (C=O) groups is 1. The van der Waals surface area contributed by atoms with Crippen molar-refractivity contribution in [1.29, 1.82) is 0 Å². The van der Waals surface area contributed by atoms with E-state index in [2.05, 4.69) is 26.1 Å². The lowest BCUT2D eigenvalue weighted by Crippen LogP contribution is -2.30. The zero-order chi connectivity index (χ0) is 15.5. The van der Waals surface area contributed by atoms with Crippen molar-refractivity contribution in [2.75, 3.05) is 19.6 Å². The van der Waals surface area contributed by atoms with Crippen molar-refractivity contribution in [2.45, 2.75) is 19.3 Å². The normalized spacial score (nSPS) is 17.3. The number of aromatic nitrogens is 2. The van der Waals surface area contributed by atoms with Gasteiger partial charge in [0.15, 0.2) is 0 Å². The number of nitrogens with zero attached hydrogens (tertiary/aromatic N) is 3. The minimum absolute atomic E-state index is 0. The summed E-state index contributed by atoms with van der Waals surface area (Å²) in [6.07, 6.45) is 1.87. The summed E-state index contributed by atoms with van der Waals surface area (Å²) in [5.74, 6) is 1.65. The molecule has 1 atom stereocenters. The summed E-state index contributed by atoms with van der Waals surface area (Å²) in [7, 11) is 0. The zero-order valence-electron chi connectivity index (χ0n) is 12.4. The first-order valence-electron chi connectivity index (χ1n) is 7.20. The van der Waals surface area contributed by atoms with E-state index in [1.165, 1.54) is 0 Å². The summed E-state index contributed by atoms with van der Waals surface area (Å²) in [5.41, 5.74) is 5.65. The molecule has 1 aliphatic rings. The van der Waals surface area contributed by atoms with Crippen molar-refractivity contribution in [3.8, 4) is 10.7 Å². The van der Waals surface area contributed by atoms with E-state index in [0.29, 0.717) is 37.0 Å². The van der Waals surface area contributed by atoms with Gasteiger partial charge in [0.05, 0.1) is 4.88 Å². The standard InChI is InChI=1S/C14H17BrN4O2S.ClH/c15-10-5-11(22-8-10)14-17-12(21-18-14)1-2-13(20)19-4-3-9(6-16)7-19;/h5,8-9H,1-4,6-7,16H2;1H. The highest BCUT2D eigenvalue weighted by atomic mass is 79.9. The van der Waals surface area contributed by atoms with Crippen LogP contribution < -0.4 is 5.73 Å². The van der Waals surface area contributed by atoms with E-state index in [-0.39, 0.29) is 18.3 Å². The highest BCUT2D eigenvalue weighted by molar-refractivity contribution is 9.10. The van der Waals surface area contributed by atoms with E-state index in [1.807, 2.05) is 16.3 Å². The molecule has 1 saturated heterocycles. The van der Waals surface area contributed by atoms with Gasteiger partial charge in [0.1, 0.15) is 0 Å². The number of nitrogens with two attached hydrogens (primary N) is 1. The second-order valence-electron chi connectivity index (χ2n) is 5.37. The van der Waals surface area contributed by atoms with Gasteiger partial charge in [0.2, 0.25) is 17.6 Å². The lowest BCUT2D eigenvalue weighted by molar-refractivity contribution is -0.130. The van der Waals surface area contributed by atoms with Crippen molar-refractivity contribution >= 4 is 45.6 Å². The van der Waals surface area contributed by atoms with E-state index >= 15 is 0 Å². The molecular weight excluding hydrogens is 404 g/mol. The molecular formula is C14H18BrClN4O2S. The van der Waals surface area contributed by atoms with Crippen molar-refractivity contribution in [1.82, 2.24) is 15.0 Å². The number of halogens is 2. The summed E-state index contributed by atoms with van der Waals surface area (Å²) in [5, 5.41) is 5.93. The average Bonchev–Trinajstić information content (AvgIpc) is 3.24. The van der Waals surface area contributed by atoms with Crippen molar-refractivity contribution < 1.29 is 9.32 Å². The second-order valence-corrected chi connectivity index (χ2v) is 7.20. The highest BCUT2D eigenvalue weighted by Crippen LogP contribution is 2.27. The number of likely N-dealkylation sites (tertiary alicyclic amines) is 1. The van der Waals surface area contributed by atoms with E-state index < -0.39 is 0 Å². The molecule has 2 aromatic rings. The van der Waals surface area contributed by atoms with E-state index in [4.69, 9.17) is 10.3 Å². The highest BCUT2D eigenvalue weighted by Gasteiger charge is 2.25. The summed E-state index contributed by atoms with van der Waals surface area (Å²) in [4.78, 5) is 19.3. The molecule has 3 rings (SSSR count). The van der Waals surface area contributed by atoms with E-state index in [1.54, 1.807) is 11.3 Å². The summed E-state index contributed by atoms with van der Waals surface area (Å²) < 4.78 is 6.22. The number of aryl methyl sites for hydroxylation is 1. The number of carbonyl (C=O) groups excluding carboxylic acids is 1. The van der Waals surface area contributed by atoms with Crippen LogP contribution in [0, 0.1) is 5.92 Å². The molecule has 1 amide bonds. The third-order valence-corrected chi connectivity index (χ3v) is 5.47. The minimum atomic E-state index is 0. The monoisotopic (exact) mass is 420 g/mol.